The van der Waals surface area contributed by atoms with Crippen molar-refractivity contribution in [1.29, 1.82) is 0 Å². The largest absolute Gasteiger partial charge is 0.460 e. The van der Waals surface area contributed by atoms with Gasteiger partial charge in [-0.3, -0.25) is 14.5 Å². The van der Waals surface area contributed by atoms with Crippen LogP contribution in [0.25, 0.3) is 0 Å². The average molecular weight is 527 g/mol. The molecule has 0 N–H and O–H groups in total. The van der Waals surface area contributed by atoms with Gasteiger partial charge >= 0.3 is 18.2 Å². The number of ether oxygens (including phenoxy) is 5. The number of hydrogen-bond acceptors (Lipinski definition) is 9. The van der Waals surface area contributed by atoms with Gasteiger partial charge in [0.25, 0.3) is 0 Å². The molecule has 2 fully saturated rings. The number of hydrogen-bond donors (Lipinski definition) is 0. The first kappa shape index (κ1) is 30.6. The lowest BCUT2D eigenvalue weighted by atomic mass is 10.0. The van der Waals surface area contributed by atoms with Gasteiger partial charge < -0.3 is 23.7 Å². The molecule has 0 aromatic heterocycles. The predicted octanol–water partition coefficient (Wildman–Crippen LogP) is 3.79. The van der Waals surface area contributed by atoms with Gasteiger partial charge in [0.2, 0.25) is 5.91 Å². The molecule has 2 heterocycles. The molecule has 37 heavy (non-hydrogen) atoms. The molecule has 3 amide bonds. The Labute approximate surface area is 219 Å². The molecule has 2 aliphatic heterocycles. The number of carbonyl (C=O) groups excluding carboxylic acids is 4. The number of amides is 3. The molecule has 11 nitrogen and oxygen atoms in total. The normalized spacial score (nSPS) is 25.6. The first-order valence-electron chi connectivity index (χ1n) is 12.4. The van der Waals surface area contributed by atoms with Crippen LogP contribution in [0, 0.1) is 0 Å². The Morgan fingerprint density at radius 3 is 2.00 bits per heavy atom. The van der Waals surface area contributed by atoms with Crippen molar-refractivity contribution in [3.05, 3.63) is 12.7 Å². The summed E-state index contributed by atoms with van der Waals surface area (Å²) < 4.78 is 29.2. The van der Waals surface area contributed by atoms with Gasteiger partial charge in [0, 0.05) is 20.3 Å². The number of carbonyl (C=O) groups is 4. The van der Waals surface area contributed by atoms with Crippen LogP contribution < -0.4 is 0 Å². The number of nitrogens with zero attached hydrogens (tertiary/aromatic N) is 2. The van der Waals surface area contributed by atoms with Crippen molar-refractivity contribution in [2.75, 3.05) is 6.54 Å². The zero-order valence-electron chi connectivity index (χ0n) is 23.7. The van der Waals surface area contributed by atoms with Crippen LogP contribution in [-0.2, 0) is 33.3 Å². The van der Waals surface area contributed by atoms with E-state index in [9.17, 15) is 19.2 Å². The Kier molecular flexibility index (Phi) is 9.07. The summed E-state index contributed by atoms with van der Waals surface area (Å²) in [7, 11) is 0. The molecule has 2 rings (SSSR count). The number of rotatable bonds is 6. The second-order valence-electron chi connectivity index (χ2n) is 11.8. The van der Waals surface area contributed by atoms with Crippen LogP contribution in [0.5, 0.6) is 0 Å². The zero-order valence-corrected chi connectivity index (χ0v) is 23.7. The van der Waals surface area contributed by atoms with E-state index >= 15 is 0 Å². The summed E-state index contributed by atoms with van der Waals surface area (Å²) in [5.74, 6) is -2.15. The van der Waals surface area contributed by atoms with Crippen molar-refractivity contribution in [1.82, 2.24) is 9.80 Å². The quantitative estimate of drug-likeness (QED) is 0.289. The highest BCUT2D eigenvalue weighted by molar-refractivity contribution is 5.90. The molecule has 0 aromatic carbocycles. The molecule has 2 saturated heterocycles. The fourth-order valence-electron chi connectivity index (χ4n) is 4.54. The highest BCUT2D eigenvalue weighted by atomic mass is 16.8. The van der Waals surface area contributed by atoms with E-state index in [2.05, 4.69) is 6.58 Å². The second-order valence-corrected chi connectivity index (χ2v) is 11.8. The molecule has 0 radical (unpaired) electrons. The molecule has 0 aromatic rings. The Morgan fingerprint density at radius 2 is 1.54 bits per heavy atom. The van der Waals surface area contributed by atoms with E-state index in [-0.39, 0.29) is 13.0 Å². The molecular weight excluding hydrogens is 484 g/mol. The molecule has 2 aliphatic rings. The average Bonchev–Trinajstić information content (AvgIpc) is 3.12. The molecule has 0 spiro atoms. The monoisotopic (exact) mass is 526 g/mol. The van der Waals surface area contributed by atoms with E-state index in [4.69, 9.17) is 23.7 Å². The van der Waals surface area contributed by atoms with E-state index in [1.807, 2.05) is 0 Å². The van der Waals surface area contributed by atoms with Crippen LogP contribution in [0.3, 0.4) is 0 Å². The van der Waals surface area contributed by atoms with Crippen molar-refractivity contribution in [2.24, 2.45) is 0 Å². The Morgan fingerprint density at radius 1 is 1.00 bits per heavy atom. The maximum atomic E-state index is 13.6. The Bertz CT molecular complexity index is 903. The third-order valence-electron chi connectivity index (χ3n) is 5.62. The molecule has 0 unspecified atom stereocenters. The lowest BCUT2D eigenvalue weighted by Crippen LogP contribution is -2.56. The van der Waals surface area contributed by atoms with E-state index in [1.165, 1.54) is 18.7 Å². The minimum Gasteiger partial charge on any atom is -0.460 e. The summed E-state index contributed by atoms with van der Waals surface area (Å²) in [5, 5.41) is 0. The van der Waals surface area contributed by atoms with Crippen LogP contribution >= 0.6 is 0 Å². The molecule has 11 heteroatoms. The van der Waals surface area contributed by atoms with Gasteiger partial charge in [-0.1, -0.05) is 6.08 Å². The van der Waals surface area contributed by atoms with Crippen LogP contribution in [0.1, 0.15) is 75.7 Å². The van der Waals surface area contributed by atoms with Crippen LogP contribution in [0.2, 0.25) is 0 Å². The summed E-state index contributed by atoms with van der Waals surface area (Å²) in [6.07, 6.45) is -2.15. The van der Waals surface area contributed by atoms with Crippen molar-refractivity contribution >= 4 is 24.1 Å². The molecule has 5 atom stereocenters. The summed E-state index contributed by atoms with van der Waals surface area (Å²) in [6, 6.07) is -1.73. The summed E-state index contributed by atoms with van der Waals surface area (Å²) in [5.41, 5.74) is -1.71. The van der Waals surface area contributed by atoms with Gasteiger partial charge in [0.15, 0.2) is 5.79 Å². The summed E-state index contributed by atoms with van der Waals surface area (Å²) in [6.45, 7) is 19.7. The van der Waals surface area contributed by atoms with Gasteiger partial charge in [0.05, 0.1) is 12.6 Å². The fraction of sp³-hybridized carbons (Fsp3) is 0.769. The highest BCUT2D eigenvalue weighted by Crippen LogP contribution is 2.43. The van der Waals surface area contributed by atoms with Gasteiger partial charge in [-0.2, -0.15) is 0 Å². The second kappa shape index (κ2) is 11.0. The summed E-state index contributed by atoms with van der Waals surface area (Å²) in [4.78, 5) is 53.5. The molecule has 0 aliphatic carbocycles. The number of imide groups is 1. The topological polar surface area (TPSA) is 121 Å². The smallest absolute Gasteiger partial charge is 0.417 e. The zero-order chi connectivity index (χ0) is 28.5. The van der Waals surface area contributed by atoms with E-state index in [1.54, 1.807) is 61.5 Å². The molecular formula is C26H42N2O9. The summed E-state index contributed by atoms with van der Waals surface area (Å²) >= 11 is 0. The first-order chi connectivity index (χ1) is 16.8. The SMILES string of the molecule is C=CC[C@H](OC(C)=O)[C@H]1[C@H]2OC(C)(C)O[C@H]2[C@H](CN(C(C)=O)C(=O)OC(C)(C)C)N1C(=O)OC(C)(C)C. The molecule has 210 valence electrons. The van der Waals surface area contributed by atoms with Gasteiger partial charge in [-0.15, -0.1) is 6.58 Å². The lowest BCUT2D eigenvalue weighted by molar-refractivity contribution is -0.177. The number of esters is 1. The molecule has 0 bridgehead atoms. The molecule has 0 saturated carbocycles. The van der Waals surface area contributed by atoms with Crippen molar-refractivity contribution in [3.63, 3.8) is 0 Å². The third-order valence-corrected chi connectivity index (χ3v) is 5.62. The van der Waals surface area contributed by atoms with Gasteiger partial charge in [0.1, 0.15) is 35.6 Å². The maximum Gasteiger partial charge on any atom is 0.417 e. The first-order valence-corrected chi connectivity index (χ1v) is 12.4. The maximum absolute atomic E-state index is 13.6. The Hall–Kier alpha value is -2.66. The minimum atomic E-state index is -1.03. The van der Waals surface area contributed by atoms with E-state index in [0.29, 0.717) is 0 Å². The Balaban J connectivity index is 2.61. The van der Waals surface area contributed by atoms with E-state index < -0.39 is 71.4 Å². The third kappa shape index (κ3) is 7.91. The van der Waals surface area contributed by atoms with Crippen LogP contribution in [-0.4, -0.2) is 87.8 Å². The number of likely N-dealkylation sites (tertiary alicyclic amines) is 1. The predicted molar refractivity (Wildman–Crippen MR) is 133 cm³/mol. The minimum absolute atomic E-state index is 0.214. The van der Waals surface area contributed by atoms with Crippen molar-refractivity contribution < 1.29 is 42.9 Å². The highest BCUT2D eigenvalue weighted by Gasteiger charge is 2.63. The van der Waals surface area contributed by atoms with Gasteiger partial charge in [-0.25, -0.2) is 14.5 Å². The van der Waals surface area contributed by atoms with Crippen molar-refractivity contribution in [2.45, 2.75) is 123 Å². The van der Waals surface area contributed by atoms with Crippen molar-refractivity contribution in [3.8, 4) is 0 Å². The standard InChI is InChI=1S/C26H42N2O9/c1-12-13-18(33-16(3)30)19-21-20(34-26(10,11)35-21)17(28(19)23(32)37-25(7,8)9)14-27(15(2)29)22(31)36-24(4,5)6/h12,17-21H,1,13-14H2,2-11H3/t17-,18-,19-,20-,21+/m0/s1. The van der Waals surface area contributed by atoms with Crippen LogP contribution in [0.15, 0.2) is 12.7 Å². The van der Waals surface area contributed by atoms with Gasteiger partial charge in [-0.05, 0) is 55.4 Å². The lowest BCUT2D eigenvalue weighted by Gasteiger charge is -2.39. The number of fused-ring (bicyclic) bond motifs is 1. The van der Waals surface area contributed by atoms with Crippen LogP contribution in [0.4, 0.5) is 9.59 Å². The van der Waals surface area contributed by atoms with E-state index in [0.717, 1.165) is 4.90 Å². The fourth-order valence-corrected chi connectivity index (χ4v) is 4.54.